The summed E-state index contributed by atoms with van der Waals surface area (Å²) in [5.41, 5.74) is 5.51. The zero-order chi connectivity index (χ0) is 11.5. The lowest BCUT2D eigenvalue weighted by Crippen LogP contribution is -2.22. The van der Waals surface area contributed by atoms with Crippen LogP contribution in [-0.2, 0) is 0 Å². The number of H-pyrrole nitrogens is 1. The van der Waals surface area contributed by atoms with Gasteiger partial charge in [0.15, 0.2) is 5.84 Å². The van der Waals surface area contributed by atoms with Crippen LogP contribution in [0.3, 0.4) is 0 Å². The molecule has 2 heterocycles. The van der Waals surface area contributed by atoms with E-state index in [0.29, 0.717) is 5.69 Å². The van der Waals surface area contributed by atoms with Crippen molar-refractivity contribution < 1.29 is 5.21 Å². The standard InChI is InChI=1S/C9H9N5O2/c10-7(13-16)6-2-1-5-14(6)8-9(15)12-4-3-11-8/h1-5,16H,(H2,10,13)(H,12,15). The predicted octanol–water partition coefficient (Wildman–Crippen LogP) is -0.345. The molecule has 0 bridgehead atoms. The summed E-state index contributed by atoms with van der Waals surface area (Å²) in [6, 6.07) is 3.28. The Hall–Kier alpha value is -2.57. The largest absolute Gasteiger partial charge is 0.409 e. The number of aromatic amines is 1. The van der Waals surface area contributed by atoms with Crippen molar-refractivity contribution >= 4 is 5.84 Å². The Kier molecular flexibility index (Phi) is 2.42. The van der Waals surface area contributed by atoms with Gasteiger partial charge in [-0.05, 0) is 12.1 Å². The van der Waals surface area contributed by atoms with Crippen molar-refractivity contribution in [3.63, 3.8) is 0 Å². The molecule has 0 aromatic carbocycles. The Balaban J connectivity index is 2.63. The Morgan fingerprint density at radius 1 is 1.62 bits per heavy atom. The lowest BCUT2D eigenvalue weighted by Gasteiger charge is -2.05. The molecule has 0 atom stereocenters. The molecule has 0 unspecified atom stereocenters. The lowest BCUT2D eigenvalue weighted by atomic mass is 10.4. The summed E-state index contributed by atoms with van der Waals surface area (Å²) in [4.78, 5) is 17.9. The molecule has 0 aliphatic heterocycles. The number of hydrogen-bond acceptors (Lipinski definition) is 4. The average molecular weight is 219 g/mol. The van der Waals surface area contributed by atoms with E-state index in [1.165, 1.54) is 17.0 Å². The molecular formula is C9H9N5O2. The summed E-state index contributed by atoms with van der Waals surface area (Å²) in [5, 5.41) is 11.5. The fourth-order valence-electron chi connectivity index (χ4n) is 1.34. The van der Waals surface area contributed by atoms with E-state index in [1.807, 2.05) is 0 Å². The monoisotopic (exact) mass is 219 g/mol. The molecule has 0 saturated carbocycles. The van der Waals surface area contributed by atoms with Crippen molar-refractivity contribution in [3.8, 4) is 5.82 Å². The number of amidine groups is 1. The van der Waals surface area contributed by atoms with Gasteiger partial charge >= 0.3 is 0 Å². The SMILES string of the molecule is N/C(=N/O)c1cccn1-c1ncc[nH]c1=O. The van der Waals surface area contributed by atoms with Crippen LogP contribution in [0.15, 0.2) is 40.7 Å². The van der Waals surface area contributed by atoms with Crippen LogP contribution in [0.2, 0.25) is 0 Å². The van der Waals surface area contributed by atoms with Gasteiger partial charge in [-0.3, -0.25) is 9.36 Å². The summed E-state index contributed by atoms with van der Waals surface area (Å²) in [6.45, 7) is 0. The van der Waals surface area contributed by atoms with Crippen LogP contribution in [-0.4, -0.2) is 25.6 Å². The molecule has 2 aromatic heterocycles. The molecule has 0 saturated heterocycles. The first-order valence-electron chi connectivity index (χ1n) is 4.43. The fourth-order valence-corrected chi connectivity index (χ4v) is 1.34. The third kappa shape index (κ3) is 1.54. The Morgan fingerprint density at radius 3 is 3.12 bits per heavy atom. The van der Waals surface area contributed by atoms with Crippen molar-refractivity contribution in [1.82, 2.24) is 14.5 Å². The third-order valence-corrected chi connectivity index (χ3v) is 2.04. The predicted molar refractivity (Wildman–Crippen MR) is 56.7 cm³/mol. The zero-order valence-corrected chi connectivity index (χ0v) is 8.16. The van der Waals surface area contributed by atoms with Crippen LogP contribution in [0.1, 0.15) is 5.69 Å². The number of oxime groups is 1. The van der Waals surface area contributed by atoms with Gasteiger partial charge in [0.05, 0.1) is 5.69 Å². The minimum absolute atomic E-state index is 0.0879. The van der Waals surface area contributed by atoms with Crippen LogP contribution < -0.4 is 11.3 Å². The van der Waals surface area contributed by atoms with Crippen molar-refractivity contribution in [3.05, 3.63) is 46.8 Å². The van der Waals surface area contributed by atoms with Gasteiger partial charge in [0.25, 0.3) is 5.56 Å². The lowest BCUT2D eigenvalue weighted by molar-refractivity contribution is 0.318. The number of aromatic nitrogens is 3. The first-order chi connectivity index (χ1) is 7.74. The summed E-state index contributed by atoms with van der Waals surface area (Å²) >= 11 is 0. The molecule has 7 heteroatoms. The molecule has 2 aromatic rings. The van der Waals surface area contributed by atoms with Gasteiger partial charge in [-0.1, -0.05) is 5.16 Å². The minimum atomic E-state index is -0.356. The highest BCUT2D eigenvalue weighted by Gasteiger charge is 2.10. The van der Waals surface area contributed by atoms with Crippen LogP contribution >= 0.6 is 0 Å². The number of rotatable bonds is 2. The smallest absolute Gasteiger partial charge is 0.291 e. The molecular weight excluding hydrogens is 210 g/mol. The van der Waals surface area contributed by atoms with E-state index in [2.05, 4.69) is 15.1 Å². The maximum absolute atomic E-state index is 11.5. The van der Waals surface area contributed by atoms with Crippen LogP contribution in [0.4, 0.5) is 0 Å². The summed E-state index contributed by atoms with van der Waals surface area (Å²) in [5.74, 6) is 0.0733. The van der Waals surface area contributed by atoms with E-state index in [0.717, 1.165) is 0 Å². The Labute approximate surface area is 89.9 Å². The van der Waals surface area contributed by atoms with E-state index >= 15 is 0 Å². The van der Waals surface area contributed by atoms with E-state index in [-0.39, 0.29) is 17.2 Å². The van der Waals surface area contributed by atoms with E-state index in [1.54, 1.807) is 18.3 Å². The topological polar surface area (TPSA) is 109 Å². The molecule has 0 aliphatic rings. The summed E-state index contributed by atoms with van der Waals surface area (Å²) in [7, 11) is 0. The van der Waals surface area contributed by atoms with Crippen LogP contribution in [0.25, 0.3) is 5.82 Å². The number of nitrogens with one attached hydrogen (secondary N) is 1. The number of nitrogens with two attached hydrogens (primary N) is 1. The van der Waals surface area contributed by atoms with Gasteiger partial charge in [-0.2, -0.15) is 0 Å². The molecule has 0 aliphatic carbocycles. The van der Waals surface area contributed by atoms with E-state index in [9.17, 15) is 4.79 Å². The highest BCUT2D eigenvalue weighted by molar-refractivity contribution is 5.96. The first kappa shape index (κ1) is 9.97. The molecule has 0 amide bonds. The molecule has 16 heavy (non-hydrogen) atoms. The van der Waals surface area contributed by atoms with E-state index < -0.39 is 0 Å². The Morgan fingerprint density at radius 2 is 2.44 bits per heavy atom. The second-order valence-corrected chi connectivity index (χ2v) is 2.99. The van der Waals surface area contributed by atoms with Crippen LogP contribution in [0.5, 0.6) is 0 Å². The maximum atomic E-state index is 11.5. The van der Waals surface area contributed by atoms with Gasteiger partial charge in [0.2, 0.25) is 5.82 Å². The normalized spacial score (nSPS) is 11.6. The molecule has 7 nitrogen and oxygen atoms in total. The van der Waals surface area contributed by atoms with Gasteiger partial charge < -0.3 is 15.9 Å². The molecule has 0 radical (unpaired) electrons. The molecule has 82 valence electrons. The molecule has 0 spiro atoms. The highest BCUT2D eigenvalue weighted by atomic mass is 16.4. The van der Waals surface area contributed by atoms with Gasteiger partial charge in [-0.25, -0.2) is 4.98 Å². The minimum Gasteiger partial charge on any atom is -0.409 e. The van der Waals surface area contributed by atoms with Gasteiger partial charge in [-0.15, -0.1) is 0 Å². The average Bonchev–Trinajstić information content (AvgIpc) is 2.77. The van der Waals surface area contributed by atoms with Crippen molar-refractivity contribution in [2.24, 2.45) is 10.9 Å². The molecule has 0 fully saturated rings. The summed E-state index contributed by atoms with van der Waals surface area (Å²) < 4.78 is 1.44. The number of hydrogen-bond donors (Lipinski definition) is 3. The maximum Gasteiger partial charge on any atom is 0.291 e. The van der Waals surface area contributed by atoms with Crippen molar-refractivity contribution in [1.29, 1.82) is 0 Å². The second kappa shape index (κ2) is 3.89. The highest BCUT2D eigenvalue weighted by Crippen LogP contribution is 2.05. The van der Waals surface area contributed by atoms with Crippen LogP contribution in [0, 0.1) is 0 Å². The Bertz CT molecular complexity index is 583. The fraction of sp³-hybridized carbons (Fsp3) is 0. The molecule has 4 N–H and O–H groups in total. The quantitative estimate of drug-likeness (QED) is 0.277. The zero-order valence-electron chi connectivity index (χ0n) is 8.16. The first-order valence-corrected chi connectivity index (χ1v) is 4.43. The third-order valence-electron chi connectivity index (χ3n) is 2.04. The van der Waals surface area contributed by atoms with E-state index in [4.69, 9.17) is 10.9 Å². The van der Waals surface area contributed by atoms with Crippen molar-refractivity contribution in [2.75, 3.05) is 0 Å². The number of nitrogens with zero attached hydrogens (tertiary/aromatic N) is 3. The summed E-state index contributed by atoms with van der Waals surface area (Å²) in [6.07, 6.45) is 4.48. The molecule has 2 rings (SSSR count). The van der Waals surface area contributed by atoms with Gasteiger partial charge in [0.1, 0.15) is 0 Å². The second-order valence-electron chi connectivity index (χ2n) is 2.99. The van der Waals surface area contributed by atoms with Crippen molar-refractivity contribution in [2.45, 2.75) is 0 Å². The van der Waals surface area contributed by atoms with Gasteiger partial charge in [0, 0.05) is 18.6 Å².